The molecule has 2 unspecified atom stereocenters. The number of benzene rings is 2. The van der Waals surface area contributed by atoms with Crippen molar-refractivity contribution in [2.45, 2.75) is 77.5 Å². The first-order chi connectivity index (χ1) is 22.4. The van der Waals surface area contributed by atoms with E-state index in [1.54, 1.807) is 27.7 Å². The zero-order valence-electron chi connectivity index (χ0n) is 27.5. The number of esters is 1. The van der Waals surface area contributed by atoms with Crippen molar-refractivity contribution >= 4 is 29.7 Å². The highest BCUT2D eigenvalue weighted by atomic mass is 19.4. The van der Waals surface area contributed by atoms with Gasteiger partial charge in [-0.25, -0.2) is 14.6 Å². The van der Waals surface area contributed by atoms with Crippen molar-refractivity contribution in [2.24, 2.45) is 0 Å². The van der Waals surface area contributed by atoms with Crippen LogP contribution in [0, 0.1) is 0 Å². The Balaban J connectivity index is 1.83. The molecule has 0 radical (unpaired) electrons. The van der Waals surface area contributed by atoms with Gasteiger partial charge in [0.15, 0.2) is 11.9 Å². The van der Waals surface area contributed by atoms with Crippen LogP contribution in [0.15, 0.2) is 67.1 Å². The van der Waals surface area contributed by atoms with Crippen LogP contribution in [0.4, 0.5) is 23.8 Å². The van der Waals surface area contributed by atoms with Gasteiger partial charge in [0, 0.05) is 6.20 Å². The van der Waals surface area contributed by atoms with E-state index < -0.39 is 58.8 Å². The molecule has 0 saturated heterocycles. The fraction of sp³-hybridized carbons (Fsp3) is 0.424. The maximum absolute atomic E-state index is 13.5. The maximum atomic E-state index is 13.5. The smallest absolute Gasteiger partial charge is 0.416 e. The maximum Gasteiger partial charge on any atom is 0.416 e. The predicted octanol–water partition coefficient (Wildman–Crippen LogP) is 5.00. The summed E-state index contributed by atoms with van der Waals surface area (Å²) >= 11 is 0. The molecule has 3 aromatic rings. The summed E-state index contributed by atoms with van der Waals surface area (Å²) in [6, 6.07) is 10.7. The molecule has 2 aromatic carbocycles. The van der Waals surface area contributed by atoms with E-state index in [1.165, 1.54) is 36.7 Å². The second-order valence-corrected chi connectivity index (χ2v) is 12.3. The Hall–Kier alpha value is -4.92. The zero-order chi connectivity index (χ0) is 35.7. The Morgan fingerprint density at radius 1 is 0.958 bits per heavy atom. The number of rotatable bonds is 13. The van der Waals surface area contributed by atoms with Crippen LogP contribution in [0.2, 0.25) is 0 Å². The van der Waals surface area contributed by atoms with E-state index in [0.717, 1.165) is 24.0 Å². The Morgan fingerprint density at radius 3 is 2.27 bits per heavy atom. The quantitative estimate of drug-likeness (QED) is 0.215. The lowest BCUT2D eigenvalue weighted by Gasteiger charge is -2.29. The van der Waals surface area contributed by atoms with E-state index in [4.69, 9.17) is 14.2 Å². The number of imidazole rings is 1. The highest BCUT2D eigenvalue weighted by Crippen LogP contribution is 2.32. The number of nitrogens with one attached hydrogen (secondary N) is 3. The van der Waals surface area contributed by atoms with Crippen molar-refractivity contribution in [3.63, 3.8) is 0 Å². The van der Waals surface area contributed by atoms with Gasteiger partial charge in [0.2, 0.25) is 5.91 Å². The van der Waals surface area contributed by atoms with Gasteiger partial charge in [-0.2, -0.15) is 13.2 Å². The number of carbonyl (C=O) groups is 4. The zero-order valence-corrected chi connectivity index (χ0v) is 27.5. The molecule has 0 aliphatic carbocycles. The molecule has 2 atom stereocenters. The normalized spacial score (nSPS) is 13.2. The fourth-order valence-corrected chi connectivity index (χ4v) is 4.30. The molecule has 48 heavy (non-hydrogen) atoms. The topological polar surface area (TPSA) is 150 Å². The number of nitrogens with zero attached hydrogens (tertiary/aromatic N) is 2. The number of carbonyl (C=O) groups excluding carboxylic acids is 4. The van der Waals surface area contributed by atoms with Crippen LogP contribution in [0.5, 0.6) is 0 Å². The lowest BCUT2D eigenvalue weighted by atomic mass is 10.0. The van der Waals surface area contributed by atoms with Crippen LogP contribution in [0.3, 0.4) is 0 Å². The largest absolute Gasteiger partial charge is 0.464 e. The molecule has 0 fully saturated rings. The summed E-state index contributed by atoms with van der Waals surface area (Å²) in [6.45, 7) is 9.21. The lowest BCUT2D eigenvalue weighted by molar-refractivity contribution is -0.146. The highest BCUT2D eigenvalue weighted by Gasteiger charge is 2.35. The molecule has 260 valence electrons. The number of alkyl halides is 3. The molecule has 0 aliphatic heterocycles. The minimum absolute atomic E-state index is 0.0160. The minimum Gasteiger partial charge on any atom is -0.464 e. The Labute approximate surface area is 276 Å². The van der Waals surface area contributed by atoms with Crippen LogP contribution >= 0.6 is 0 Å². The summed E-state index contributed by atoms with van der Waals surface area (Å²) in [4.78, 5) is 56.1. The second kappa shape index (κ2) is 15.8. The van der Waals surface area contributed by atoms with Gasteiger partial charge in [-0.1, -0.05) is 42.5 Å². The monoisotopic (exact) mass is 675 g/mol. The molecule has 1 aromatic heterocycles. The lowest BCUT2D eigenvalue weighted by Crippen LogP contribution is -2.59. The van der Waals surface area contributed by atoms with Crippen molar-refractivity contribution in [1.82, 2.24) is 20.2 Å². The van der Waals surface area contributed by atoms with Gasteiger partial charge in [-0.3, -0.25) is 9.59 Å². The number of ether oxygens (including phenoxy) is 3. The van der Waals surface area contributed by atoms with Crippen LogP contribution in [-0.2, 0) is 41.4 Å². The number of amides is 3. The van der Waals surface area contributed by atoms with E-state index in [2.05, 4.69) is 20.9 Å². The molecule has 0 bridgehead atoms. The van der Waals surface area contributed by atoms with Crippen LogP contribution < -0.4 is 16.0 Å². The third-order valence-corrected chi connectivity index (χ3v) is 6.59. The Morgan fingerprint density at radius 2 is 1.65 bits per heavy atom. The Bertz CT molecular complexity index is 1570. The first-order valence-electron chi connectivity index (χ1n) is 15.0. The molecule has 15 heteroatoms. The Kier molecular flexibility index (Phi) is 12.3. The van der Waals surface area contributed by atoms with Gasteiger partial charge >= 0.3 is 18.2 Å². The van der Waals surface area contributed by atoms with E-state index in [9.17, 15) is 32.3 Å². The summed E-state index contributed by atoms with van der Waals surface area (Å²) in [5.41, 5.74) is -2.49. The van der Waals surface area contributed by atoms with E-state index >= 15 is 0 Å². The van der Waals surface area contributed by atoms with E-state index in [-0.39, 0.29) is 31.2 Å². The molecule has 3 rings (SSSR count). The molecule has 0 aliphatic rings. The molecular weight excluding hydrogens is 635 g/mol. The highest BCUT2D eigenvalue weighted by molar-refractivity contribution is 5.98. The number of hydrogen-bond donors (Lipinski definition) is 3. The van der Waals surface area contributed by atoms with Crippen molar-refractivity contribution < 1.29 is 46.6 Å². The molecular formula is C33H40F3N5O7. The molecule has 12 nitrogen and oxygen atoms in total. The average molecular weight is 676 g/mol. The van der Waals surface area contributed by atoms with Crippen LogP contribution in [0.25, 0.3) is 0 Å². The van der Waals surface area contributed by atoms with Gasteiger partial charge in [0.25, 0.3) is 5.91 Å². The predicted molar refractivity (Wildman–Crippen MR) is 169 cm³/mol. The summed E-state index contributed by atoms with van der Waals surface area (Å²) in [6.07, 6.45) is -3.09. The van der Waals surface area contributed by atoms with Gasteiger partial charge < -0.3 is 34.7 Å². The first-order valence-corrected chi connectivity index (χ1v) is 15.0. The van der Waals surface area contributed by atoms with Crippen molar-refractivity contribution in [2.75, 3.05) is 18.5 Å². The van der Waals surface area contributed by atoms with Crippen LogP contribution in [-0.4, -0.2) is 63.8 Å². The summed E-state index contributed by atoms with van der Waals surface area (Å²) in [5, 5.41) is 7.60. The van der Waals surface area contributed by atoms with Gasteiger partial charge in [-0.15, -0.1) is 0 Å². The summed E-state index contributed by atoms with van der Waals surface area (Å²) in [5.74, 6) is -2.41. The number of halogens is 3. The molecule has 3 N–H and O–H groups in total. The van der Waals surface area contributed by atoms with Gasteiger partial charge in [-0.05, 0) is 64.8 Å². The van der Waals surface area contributed by atoms with Crippen molar-refractivity contribution in [3.8, 4) is 0 Å². The molecule has 1 heterocycles. The van der Waals surface area contributed by atoms with E-state index in [1.807, 2.05) is 30.3 Å². The van der Waals surface area contributed by atoms with Crippen molar-refractivity contribution in [3.05, 3.63) is 83.8 Å². The average Bonchev–Trinajstić information content (AvgIpc) is 3.43. The number of anilines is 1. The second-order valence-electron chi connectivity index (χ2n) is 12.3. The molecule has 0 saturated carbocycles. The molecule has 3 amide bonds. The van der Waals surface area contributed by atoms with Crippen LogP contribution in [0.1, 0.15) is 64.3 Å². The summed E-state index contributed by atoms with van der Waals surface area (Å²) in [7, 11) is 0. The number of hydrogen-bond acceptors (Lipinski definition) is 8. The number of alkyl carbamates (subject to hydrolysis) is 1. The standard InChI is InChI=1S/C33H40F3N5O7/c1-7-47-28(43)26(22-14-11-15-23(16-22)33(34,35)36)41-17-25(37-20-41)39-27(42)24(19-46-18-21-12-9-8-10-13-21)38-29(44)32(5,6)40-30(45)48-31(2,3)4/h8-17,20,24,26H,7,18-19H2,1-6H3,(H,38,44)(H,39,42)(H,40,45). The fourth-order valence-electron chi connectivity index (χ4n) is 4.30. The minimum atomic E-state index is -4.65. The first kappa shape index (κ1) is 37.5. The van der Waals surface area contributed by atoms with E-state index in [0.29, 0.717) is 0 Å². The SMILES string of the molecule is CCOC(=O)C(c1cccc(C(F)(F)F)c1)n1cnc(NC(=O)C(COCc2ccccc2)NC(=O)C(C)(C)NC(=O)OC(C)(C)C)c1. The third-order valence-electron chi connectivity index (χ3n) is 6.59. The van der Waals surface area contributed by atoms with Crippen molar-refractivity contribution in [1.29, 1.82) is 0 Å². The number of aromatic nitrogens is 2. The molecule has 0 spiro atoms. The van der Waals surface area contributed by atoms with Gasteiger partial charge in [0.1, 0.15) is 17.2 Å². The third kappa shape index (κ3) is 11.1. The van der Waals surface area contributed by atoms with Gasteiger partial charge in [0.05, 0.1) is 31.7 Å². The summed E-state index contributed by atoms with van der Waals surface area (Å²) < 4.78 is 57.6.